The number of amides is 2. The van der Waals surface area contributed by atoms with E-state index in [2.05, 4.69) is 20.8 Å². The Kier molecular flexibility index (Phi) is 7.63. The SMILES string of the molecule is CCC(Sc1nnc(CNC(=O)c2ccccc2F)n1C)C(=O)Nc1cc(C)cc(C)c1. The summed E-state index contributed by atoms with van der Waals surface area (Å²) in [7, 11) is 1.77. The monoisotopic (exact) mass is 455 g/mol. The van der Waals surface area contributed by atoms with Gasteiger partial charge in [0.15, 0.2) is 11.0 Å². The molecule has 9 heteroatoms. The molecule has 1 aromatic heterocycles. The van der Waals surface area contributed by atoms with E-state index in [0.29, 0.717) is 17.4 Å². The van der Waals surface area contributed by atoms with E-state index in [-0.39, 0.29) is 23.3 Å². The normalized spacial score (nSPS) is 11.8. The third-order valence-electron chi connectivity index (χ3n) is 4.85. The maximum atomic E-state index is 13.8. The molecule has 1 heterocycles. The van der Waals surface area contributed by atoms with E-state index < -0.39 is 11.7 Å². The van der Waals surface area contributed by atoms with E-state index in [9.17, 15) is 14.0 Å². The van der Waals surface area contributed by atoms with Crippen LogP contribution in [0.1, 0.15) is 40.7 Å². The minimum atomic E-state index is -0.584. The first-order valence-electron chi connectivity index (χ1n) is 10.2. The molecule has 3 rings (SSSR count). The molecule has 7 nitrogen and oxygen atoms in total. The number of halogens is 1. The molecule has 0 aliphatic heterocycles. The van der Waals surface area contributed by atoms with Gasteiger partial charge in [-0.15, -0.1) is 10.2 Å². The number of nitrogens with one attached hydrogen (secondary N) is 2. The van der Waals surface area contributed by atoms with E-state index >= 15 is 0 Å². The van der Waals surface area contributed by atoms with Gasteiger partial charge in [0.05, 0.1) is 17.4 Å². The lowest BCUT2D eigenvalue weighted by atomic mass is 10.1. The van der Waals surface area contributed by atoms with E-state index in [1.54, 1.807) is 17.7 Å². The van der Waals surface area contributed by atoms with Crippen LogP contribution >= 0.6 is 11.8 Å². The highest BCUT2D eigenvalue weighted by atomic mass is 32.2. The van der Waals surface area contributed by atoms with Gasteiger partial charge in [-0.3, -0.25) is 9.59 Å². The summed E-state index contributed by atoms with van der Waals surface area (Å²) in [6.07, 6.45) is 0.605. The van der Waals surface area contributed by atoms with Crippen molar-refractivity contribution < 1.29 is 14.0 Å². The molecule has 0 aliphatic carbocycles. The quantitative estimate of drug-likeness (QED) is 0.501. The highest BCUT2D eigenvalue weighted by molar-refractivity contribution is 8.00. The fraction of sp³-hybridized carbons (Fsp3) is 0.304. The lowest BCUT2D eigenvalue weighted by molar-refractivity contribution is -0.115. The lowest BCUT2D eigenvalue weighted by Gasteiger charge is -2.15. The van der Waals surface area contributed by atoms with Crippen molar-refractivity contribution >= 4 is 29.3 Å². The molecule has 2 N–H and O–H groups in total. The molecule has 0 spiro atoms. The molecule has 0 aliphatic rings. The summed E-state index contributed by atoms with van der Waals surface area (Å²) in [5, 5.41) is 14.1. The van der Waals surface area contributed by atoms with Gasteiger partial charge in [0, 0.05) is 12.7 Å². The second-order valence-electron chi connectivity index (χ2n) is 7.50. The smallest absolute Gasteiger partial charge is 0.254 e. The number of carbonyl (C=O) groups is 2. The lowest BCUT2D eigenvalue weighted by Crippen LogP contribution is -2.26. The largest absolute Gasteiger partial charge is 0.345 e. The van der Waals surface area contributed by atoms with Gasteiger partial charge >= 0.3 is 0 Å². The zero-order valence-corrected chi connectivity index (χ0v) is 19.3. The number of rotatable bonds is 8. The Morgan fingerprint density at radius 3 is 2.47 bits per heavy atom. The average Bonchev–Trinajstić information content (AvgIpc) is 3.09. The van der Waals surface area contributed by atoms with Crippen LogP contribution in [0.15, 0.2) is 47.6 Å². The first-order valence-corrected chi connectivity index (χ1v) is 11.1. The van der Waals surface area contributed by atoms with Crippen LogP contribution in [-0.4, -0.2) is 31.8 Å². The van der Waals surface area contributed by atoms with Gasteiger partial charge in [0.25, 0.3) is 5.91 Å². The summed E-state index contributed by atoms with van der Waals surface area (Å²) in [6.45, 7) is 5.99. The summed E-state index contributed by atoms with van der Waals surface area (Å²) >= 11 is 1.31. The van der Waals surface area contributed by atoms with E-state index in [4.69, 9.17) is 0 Å². The summed E-state index contributed by atoms with van der Waals surface area (Å²) in [5.41, 5.74) is 2.90. The molecular weight excluding hydrogens is 429 g/mol. The summed E-state index contributed by atoms with van der Waals surface area (Å²) < 4.78 is 15.5. The first-order chi connectivity index (χ1) is 15.3. The maximum Gasteiger partial charge on any atom is 0.254 e. The first kappa shape index (κ1) is 23.5. The third-order valence-corrected chi connectivity index (χ3v) is 6.25. The van der Waals surface area contributed by atoms with Crippen LogP contribution in [0.3, 0.4) is 0 Å². The van der Waals surface area contributed by atoms with Crippen molar-refractivity contribution in [2.45, 2.75) is 44.1 Å². The van der Waals surface area contributed by atoms with Crippen molar-refractivity contribution in [2.24, 2.45) is 7.05 Å². The van der Waals surface area contributed by atoms with Crippen LogP contribution in [0.5, 0.6) is 0 Å². The zero-order valence-electron chi connectivity index (χ0n) is 18.5. The molecule has 3 aromatic rings. The van der Waals surface area contributed by atoms with Gasteiger partial charge in [-0.2, -0.15) is 0 Å². The fourth-order valence-corrected chi connectivity index (χ4v) is 4.16. The maximum absolute atomic E-state index is 13.8. The van der Waals surface area contributed by atoms with Crippen molar-refractivity contribution in [2.75, 3.05) is 5.32 Å². The van der Waals surface area contributed by atoms with E-state index in [1.807, 2.05) is 39.0 Å². The summed E-state index contributed by atoms with van der Waals surface area (Å²) in [5.74, 6) is -0.721. The predicted molar refractivity (Wildman–Crippen MR) is 123 cm³/mol. The number of aryl methyl sites for hydroxylation is 2. The predicted octanol–water partition coefficient (Wildman–Crippen LogP) is 4.01. The number of anilines is 1. The van der Waals surface area contributed by atoms with Crippen molar-refractivity contribution in [3.8, 4) is 0 Å². The Hall–Kier alpha value is -3.20. The van der Waals surface area contributed by atoms with Crippen molar-refractivity contribution in [3.63, 3.8) is 0 Å². The summed E-state index contributed by atoms with van der Waals surface area (Å²) in [6, 6.07) is 11.7. The third kappa shape index (κ3) is 5.73. The average molecular weight is 456 g/mol. The molecule has 2 aromatic carbocycles. The Morgan fingerprint density at radius 2 is 1.81 bits per heavy atom. The molecule has 0 fully saturated rings. The molecule has 1 unspecified atom stereocenters. The van der Waals surface area contributed by atoms with Crippen LogP contribution in [0.2, 0.25) is 0 Å². The molecule has 0 saturated heterocycles. The van der Waals surface area contributed by atoms with Gasteiger partial charge < -0.3 is 15.2 Å². The highest BCUT2D eigenvalue weighted by Crippen LogP contribution is 2.25. The topological polar surface area (TPSA) is 88.9 Å². The van der Waals surface area contributed by atoms with Gasteiger partial charge in [0.2, 0.25) is 5.91 Å². The minimum Gasteiger partial charge on any atom is -0.345 e. The molecule has 0 bridgehead atoms. The zero-order chi connectivity index (χ0) is 23.3. The van der Waals surface area contributed by atoms with Gasteiger partial charge in [-0.25, -0.2) is 4.39 Å². The Balaban J connectivity index is 1.63. The Morgan fingerprint density at radius 1 is 1.12 bits per heavy atom. The number of hydrogen-bond donors (Lipinski definition) is 2. The number of aromatic nitrogens is 3. The van der Waals surface area contributed by atoms with Gasteiger partial charge in [-0.1, -0.05) is 36.9 Å². The van der Waals surface area contributed by atoms with Crippen LogP contribution < -0.4 is 10.6 Å². The molecule has 32 heavy (non-hydrogen) atoms. The Bertz CT molecular complexity index is 1110. The van der Waals surface area contributed by atoms with Crippen LogP contribution in [0.25, 0.3) is 0 Å². The van der Waals surface area contributed by atoms with Crippen LogP contribution in [-0.2, 0) is 18.4 Å². The number of hydrogen-bond acceptors (Lipinski definition) is 5. The number of carbonyl (C=O) groups excluding carboxylic acids is 2. The fourth-order valence-electron chi connectivity index (χ4n) is 3.22. The van der Waals surface area contributed by atoms with Crippen LogP contribution in [0, 0.1) is 19.7 Å². The van der Waals surface area contributed by atoms with Gasteiger partial charge in [0.1, 0.15) is 5.82 Å². The van der Waals surface area contributed by atoms with E-state index in [0.717, 1.165) is 16.8 Å². The summed E-state index contributed by atoms with van der Waals surface area (Å²) in [4.78, 5) is 25.0. The Labute approximate surface area is 190 Å². The molecule has 168 valence electrons. The van der Waals surface area contributed by atoms with Gasteiger partial charge in [-0.05, 0) is 55.7 Å². The van der Waals surface area contributed by atoms with Crippen molar-refractivity contribution in [1.29, 1.82) is 0 Å². The van der Waals surface area contributed by atoms with Crippen molar-refractivity contribution in [1.82, 2.24) is 20.1 Å². The molecule has 1 atom stereocenters. The van der Waals surface area contributed by atoms with Crippen LogP contribution in [0.4, 0.5) is 10.1 Å². The molecule has 0 radical (unpaired) electrons. The number of thioether (sulfide) groups is 1. The number of nitrogens with zero attached hydrogens (tertiary/aromatic N) is 3. The highest BCUT2D eigenvalue weighted by Gasteiger charge is 2.22. The van der Waals surface area contributed by atoms with Crippen molar-refractivity contribution in [3.05, 3.63) is 70.8 Å². The standard InChI is InChI=1S/C23H26FN5O2S/c1-5-19(22(31)26-16-11-14(2)10-15(3)12-16)32-23-28-27-20(29(23)4)13-25-21(30)17-8-6-7-9-18(17)24/h6-12,19H,5,13H2,1-4H3,(H,25,30)(H,26,31). The second kappa shape index (κ2) is 10.4. The van der Waals surface area contributed by atoms with E-state index in [1.165, 1.54) is 30.0 Å². The number of benzene rings is 2. The second-order valence-corrected chi connectivity index (χ2v) is 8.67. The molecule has 0 saturated carbocycles. The molecule has 2 amide bonds. The molecular formula is C23H26FN5O2S. The minimum absolute atomic E-state index is 0.0293.